The highest BCUT2D eigenvalue weighted by molar-refractivity contribution is 6.20. The van der Waals surface area contributed by atoms with E-state index in [0.717, 1.165) is 24.2 Å². The normalized spacial score (nSPS) is 19.8. The summed E-state index contributed by atoms with van der Waals surface area (Å²) in [6.45, 7) is 4.09. The van der Waals surface area contributed by atoms with Gasteiger partial charge in [-0.15, -0.1) is 11.6 Å². The van der Waals surface area contributed by atoms with Crippen LogP contribution in [0.1, 0.15) is 44.3 Å². The quantitative estimate of drug-likeness (QED) is 0.738. The van der Waals surface area contributed by atoms with Crippen LogP contribution in [-0.2, 0) is 5.54 Å². The van der Waals surface area contributed by atoms with Crippen molar-refractivity contribution in [2.75, 3.05) is 0 Å². The zero-order valence-electron chi connectivity index (χ0n) is 10.6. The Labute approximate surface area is 111 Å². The standard InChI is InChI=1S/C14H16ClFN2/c1-9(15)13-17-12-10(16)5-3-6-11(12)18(13)14(2)7-4-8-14/h3,5-6,9H,4,7-8H2,1-2H3. The van der Waals surface area contributed by atoms with Gasteiger partial charge in [-0.2, -0.15) is 0 Å². The van der Waals surface area contributed by atoms with Crippen molar-refractivity contribution in [3.8, 4) is 0 Å². The molecule has 0 radical (unpaired) electrons. The van der Waals surface area contributed by atoms with E-state index in [0.29, 0.717) is 5.52 Å². The number of para-hydroxylation sites is 1. The largest absolute Gasteiger partial charge is 0.321 e. The van der Waals surface area contributed by atoms with E-state index < -0.39 is 0 Å². The minimum atomic E-state index is -0.271. The molecule has 1 aliphatic carbocycles. The van der Waals surface area contributed by atoms with Gasteiger partial charge in [0.05, 0.1) is 10.9 Å². The first-order chi connectivity index (χ1) is 8.53. The summed E-state index contributed by atoms with van der Waals surface area (Å²) in [6.07, 6.45) is 3.42. The second kappa shape index (κ2) is 3.95. The number of rotatable bonds is 2. The number of halogens is 2. The second-order valence-corrected chi connectivity index (χ2v) is 6.03. The van der Waals surface area contributed by atoms with E-state index in [1.807, 2.05) is 13.0 Å². The molecule has 0 spiro atoms. The molecule has 0 saturated heterocycles. The fourth-order valence-corrected chi connectivity index (χ4v) is 2.98. The molecular weight excluding hydrogens is 251 g/mol. The van der Waals surface area contributed by atoms with Crippen molar-refractivity contribution in [3.05, 3.63) is 29.8 Å². The van der Waals surface area contributed by atoms with Crippen molar-refractivity contribution in [3.63, 3.8) is 0 Å². The number of benzene rings is 1. The first-order valence-electron chi connectivity index (χ1n) is 6.34. The molecular formula is C14H16ClFN2. The van der Waals surface area contributed by atoms with Crippen molar-refractivity contribution in [1.82, 2.24) is 9.55 Å². The van der Waals surface area contributed by atoms with Crippen LogP contribution in [-0.4, -0.2) is 9.55 Å². The molecule has 2 aromatic rings. The fraction of sp³-hybridized carbons (Fsp3) is 0.500. The maximum Gasteiger partial charge on any atom is 0.151 e. The van der Waals surface area contributed by atoms with Crippen LogP contribution in [0.15, 0.2) is 18.2 Å². The lowest BCUT2D eigenvalue weighted by Crippen LogP contribution is -2.38. The van der Waals surface area contributed by atoms with Crippen molar-refractivity contribution >= 4 is 22.6 Å². The lowest BCUT2D eigenvalue weighted by atomic mass is 9.78. The van der Waals surface area contributed by atoms with Gasteiger partial charge in [0.25, 0.3) is 0 Å². The number of alkyl halides is 1. The maximum absolute atomic E-state index is 13.8. The van der Waals surface area contributed by atoms with Gasteiger partial charge < -0.3 is 4.57 Å². The Morgan fingerprint density at radius 2 is 2.17 bits per heavy atom. The van der Waals surface area contributed by atoms with Crippen molar-refractivity contribution in [2.24, 2.45) is 0 Å². The zero-order valence-corrected chi connectivity index (χ0v) is 11.3. The molecule has 1 heterocycles. The smallest absolute Gasteiger partial charge is 0.151 e. The Bertz CT molecular complexity index is 599. The average Bonchev–Trinajstić information content (AvgIpc) is 2.67. The zero-order chi connectivity index (χ0) is 12.9. The van der Waals surface area contributed by atoms with Crippen LogP contribution in [0.25, 0.3) is 11.0 Å². The van der Waals surface area contributed by atoms with Gasteiger partial charge in [-0.1, -0.05) is 6.07 Å². The molecule has 0 bridgehead atoms. The van der Waals surface area contributed by atoms with Crippen LogP contribution in [0.3, 0.4) is 0 Å². The van der Waals surface area contributed by atoms with Gasteiger partial charge in [0.2, 0.25) is 0 Å². The van der Waals surface area contributed by atoms with Gasteiger partial charge in [0.15, 0.2) is 5.82 Å². The SMILES string of the molecule is CC(Cl)c1nc2c(F)cccc2n1C1(C)CCC1. The summed E-state index contributed by atoms with van der Waals surface area (Å²) in [5.74, 6) is 0.506. The van der Waals surface area contributed by atoms with Crippen LogP contribution in [0.5, 0.6) is 0 Å². The third kappa shape index (κ3) is 1.57. The summed E-state index contributed by atoms with van der Waals surface area (Å²) in [6, 6.07) is 5.11. The van der Waals surface area contributed by atoms with Gasteiger partial charge >= 0.3 is 0 Å². The molecule has 96 valence electrons. The van der Waals surface area contributed by atoms with E-state index >= 15 is 0 Å². The van der Waals surface area contributed by atoms with E-state index in [9.17, 15) is 4.39 Å². The van der Waals surface area contributed by atoms with Gasteiger partial charge in [0, 0.05) is 5.54 Å². The van der Waals surface area contributed by atoms with Crippen LogP contribution < -0.4 is 0 Å². The van der Waals surface area contributed by atoms with E-state index in [1.54, 1.807) is 6.07 Å². The Hall–Kier alpha value is -1.09. The number of nitrogens with zero attached hydrogens (tertiary/aromatic N) is 2. The van der Waals surface area contributed by atoms with Crippen molar-refractivity contribution in [1.29, 1.82) is 0 Å². The Balaban J connectivity index is 2.32. The molecule has 4 heteroatoms. The summed E-state index contributed by atoms with van der Waals surface area (Å²) in [4.78, 5) is 4.42. The van der Waals surface area contributed by atoms with E-state index in [-0.39, 0.29) is 16.7 Å². The number of fused-ring (bicyclic) bond motifs is 1. The Kier molecular flexibility index (Phi) is 2.63. The lowest BCUT2D eigenvalue weighted by molar-refractivity contribution is 0.169. The first-order valence-corrected chi connectivity index (χ1v) is 6.78. The second-order valence-electron chi connectivity index (χ2n) is 5.38. The molecule has 0 N–H and O–H groups in total. The Morgan fingerprint density at radius 3 is 2.72 bits per heavy atom. The summed E-state index contributed by atoms with van der Waals surface area (Å²) >= 11 is 6.21. The van der Waals surface area contributed by atoms with Gasteiger partial charge in [-0.05, 0) is 45.2 Å². The predicted molar refractivity (Wildman–Crippen MR) is 71.5 cm³/mol. The highest BCUT2D eigenvalue weighted by Crippen LogP contribution is 2.43. The molecule has 0 aliphatic heterocycles. The highest BCUT2D eigenvalue weighted by Gasteiger charge is 2.37. The van der Waals surface area contributed by atoms with Gasteiger partial charge in [-0.3, -0.25) is 0 Å². The average molecular weight is 267 g/mol. The molecule has 1 aromatic heterocycles. The molecule has 18 heavy (non-hydrogen) atoms. The van der Waals surface area contributed by atoms with E-state index in [4.69, 9.17) is 11.6 Å². The molecule has 0 amide bonds. The Morgan fingerprint density at radius 1 is 1.44 bits per heavy atom. The molecule has 2 nitrogen and oxygen atoms in total. The van der Waals surface area contributed by atoms with Gasteiger partial charge in [-0.25, -0.2) is 9.37 Å². The molecule has 1 aliphatic rings. The fourth-order valence-electron chi connectivity index (χ4n) is 2.83. The minimum absolute atomic E-state index is 0.0427. The topological polar surface area (TPSA) is 17.8 Å². The van der Waals surface area contributed by atoms with Gasteiger partial charge in [0.1, 0.15) is 11.3 Å². The summed E-state index contributed by atoms with van der Waals surface area (Å²) in [7, 11) is 0. The van der Waals surface area contributed by atoms with Crippen molar-refractivity contribution in [2.45, 2.75) is 44.0 Å². The maximum atomic E-state index is 13.8. The summed E-state index contributed by atoms with van der Waals surface area (Å²) < 4.78 is 16.0. The van der Waals surface area contributed by atoms with Crippen LogP contribution in [0.2, 0.25) is 0 Å². The number of imidazole rings is 1. The minimum Gasteiger partial charge on any atom is -0.321 e. The number of hydrogen-bond donors (Lipinski definition) is 0. The highest BCUT2D eigenvalue weighted by atomic mass is 35.5. The van der Waals surface area contributed by atoms with E-state index in [1.165, 1.54) is 12.5 Å². The monoisotopic (exact) mass is 266 g/mol. The molecule has 1 aromatic carbocycles. The molecule has 3 rings (SSSR count). The number of hydrogen-bond acceptors (Lipinski definition) is 1. The first kappa shape index (κ1) is 12.0. The third-order valence-electron chi connectivity index (χ3n) is 3.99. The van der Waals surface area contributed by atoms with Crippen LogP contribution in [0, 0.1) is 5.82 Å². The molecule has 1 saturated carbocycles. The predicted octanol–water partition coefficient (Wildman–Crippen LogP) is 4.37. The molecule has 1 fully saturated rings. The van der Waals surface area contributed by atoms with Crippen LogP contribution in [0.4, 0.5) is 4.39 Å². The number of aromatic nitrogens is 2. The summed E-state index contributed by atoms with van der Waals surface area (Å²) in [5.41, 5.74) is 1.34. The summed E-state index contributed by atoms with van der Waals surface area (Å²) in [5, 5.41) is -0.214. The third-order valence-corrected chi connectivity index (χ3v) is 4.18. The lowest BCUT2D eigenvalue weighted by Gasteiger charge is -2.41. The molecule has 1 atom stereocenters. The molecule has 1 unspecified atom stereocenters. The van der Waals surface area contributed by atoms with Crippen molar-refractivity contribution < 1.29 is 4.39 Å². The van der Waals surface area contributed by atoms with Crippen LogP contribution >= 0.6 is 11.6 Å². The van der Waals surface area contributed by atoms with E-state index in [2.05, 4.69) is 16.5 Å².